The minimum absolute atomic E-state index is 0.0136. The van der Waals surface area contributed by atoms with Crippen molar-refractivity contribution in [1.29, 1.82) is 0 Å². The Bertz CT molecular complexity index is 1020. The van der Waals surface area contributed by atoms with Gasteiger partial charge in [-0.3, -0.25) is 0 Å². The molecule has 0 bridgehead atoms. The molecule has 3 heterocycles. The molecule has 0 aromatic heterocycles. The fraction of sp³-hybridized carbons (Fsp3) is 0.400. The maximum atomic E-state index is 6.53. The van der Waals surface area contributed by atoms with Gasteiger partial charge in [-0.1, -0.05) is 91.0 Å². The Balaban J connectivity index is 1.13. The first-order chi connectivity index (χ1) is 19.3. The van der Waals surface area contributed by atoms with Crippen molar-refractivity contribution in [2.24, 2.45) is 0 Å². The molecular weight excluding hydrogens is 489 g/mol. The van der Waals surface area contributed by atoms with Crippen molar-refractivity contribution in [3.8, 4) is 0 Å². The van der Waals surface area contributed by atoms with E-state index in [-0.39, 0.29) is 58.0 Å². The highest BCUT2D eigenvalue weighted by atomic mass is 16.7. The summed E-state index contributed by atoms with van der Waals surface area (Å²) in [6, 6.07) is 30.7. The van der Waals surface area contributed by atoms with Gasteiger partial charge in [-0.2, -0.15) is 0 Å². The molecule has 9 heteroatoms. The van der Waals surface area contributed by atoms with Gasteiger partial charge in [0.1, 0.15) is 0 Å². The number of hydrogen-bond donors (Lipinski definition) is 0. The van der Waals surface area contributed by atoms with Crippen LogP contribution < -0.4 is 16.4 Å². The molecule has 198 valence electrons. The molecule has 1 saturated carbocycles. The number of fused-ring (bicyclic) bond motifs is 3. The van der Waals surface area contributed by atoms with Gasteiger partial charge in [0.05, 0.1) is 36.6 Å². The second-order valence-electron chi connectivity index (χ2n) is 11.0. The maximum absolute atomic E-state index is 6.53. The number of hydrogen-bond acceptors (Lipinski definition) is 6. The van der Waals surface area contributed by atoms with E-state index in [0.29, 0.717) is 0 Å². The Morgan fingerprint density at radius 1 is 0.333 bits per heavy atom. The molecular formula is C30H33B3O6. The summed E-state index contributed by atoms with van der Waals surface area (Å²) >= 11 is 0. The Morgan fingerprint density at radius 2 is 0.538 bits per heavy atom. The summed E-state index contributed by atoms with van der Waals surface area (Å²) in [5.74, 6) is 0. The van der Waals surface area contributed by atoms with Gasteiger partial charge in [-0.15, -0.1) is 0 Å². The van der Waals surface area contributed by atoms with Crippen LogP contribution >= 0.6 is 0 Å². The first-order valence-corrected chi connectivity index (χ1v) is 14.4. The van der Waals surface area contributed by atoms with E-state index in [4.69, 9.17) is 27.9 Å². The van der Waals surface area contributed by atoms with Crippen LogP contribution in [0.1, 0.15) is 38.5 Å². The molecule has 6 nitrogen and oxygen atoms in total. The SMILES string of the molecule is c1ccc(B2O[C@H]3CC[C@@H]4OB(c5ccccc5)O[C@H]4CC[C@H]4OB(c5ccccc5)O[C@@H]4CC[C@@H]3O2)cc1. The minimum atomic E-state index is -0.353. The van der Waals surface area contributed by atoms with Crippen LogP contribution in [-0.4, -0.2) is 58.0 Å². The van der Waals surface area contributed by atoms with E-state index in [1.54, 1.807) is 0 Å². The second-order valence-corrected chi connectivity index (χ2v) is 11.0. The first kappa shape index (κ1) is 25.6. The molecule has 0 unspecified atom stereocenters. The highest BCUT2D eigenvalue weighted by molar-refractivity contribution is 6.62. The molecule has 4 fully saturated rings. The van der Waals surface area contributed by atoms with E-state index in [0.717, 1.165) is 54.9 Å². The van der Waals surface area contributed by atoms with Crippen molar-refractivity contribution in [3.05, 3.63) is 91.0 Å². The fourth-order valence-corrected chi connectivity index (χ4v) is 6.39. The lowest BCUT2D eigenvalue weighted by molar-refractivity contribution is 0.0620. The zero-order valence-electron chi connectivity index (χ0n) is 22.0. The molecule has 3 saturated heterocycles. The normalized spacial score (nSPS) is 31.2. The van der Waals surface area contributed by atoms with Gasteiger partial charge in [0, 0.05) is 0 Å². The third-order valence-electron chi connectivity index (χ3n) is 8.46. The largest absolute Gasteiger partial charge is 0.494 e. The minimum Gasteiger partial charge on any atom is -0.402 e. The second kappa shape index (κ2) is 11.6. The van der Waals surface area contributed by atoms with Crippen molar-refractivity contribution in [1.82, 2.24) is 0 Å². The van der Waals surface area contributed by atoms with E-state index in [1.807, 2.05) is 54.6 Å². The van der Waals surface area contributed by atoms with Crippen molar-refractivity contribution in [3.63, 3.8) is 0 Å². The van der Waals surface area contributed by atoms with Gasteiger partial charge < -0.3 is 27.9 Å². The van der Waals surface area contributed by atoms with Crippen LogP contribution in [0.5, 0.6) is 0 Å². The topological polar surface area (TPSA) is 55.4 Å². The summed E-state index contributed by atoms with van der Waals surface area (Å²) in [5.41, 5.74) is 3.16. The lowest BCUT2D eigenvalue weighted by atomic mass is 9.79. The van der Waals surface area contributed by atoms with E-state index < -0.39 is 0 Å². The van der Waals surface area contributed by atoms with Crippen LogP contribution in [-0.2, 0) is 27.9 Å². The van der Waals surface area contributed by atoms with Crippen LogP contribution in [0.4, 0.5) is 0 Å². The van der Waals surface area contributed by atoms with Gasteiger partial charge in [-0.25, -0.2) is 0 Å². The highest BCUT2D eigenvalue weighted by Crippen LogP contribution is 2.34. The maximum Gasteiger partial charge on any atom is 0.494 e. The summed E-state index contributed by atoms with van der Waals surface area (Å²) in [4.78, 5) is 0. The first-order valence-electron chi connectivity index (χ1n) is 14.4. The van der Waals surface area contributed by atoms with Crippen LogP contribution in [0.2, 0.25) is 0 Å². The monoisotopic (exact) mass is 522 g/mol. The zero-order valence-corrected chi connectivity index (χ0v) is 22.0. The summed E-state index contributed by atoms with van der Waals surface area (Å²) in [5, 5.41) is 0. The zero-order chi connectivity index (χ0) is 26.0. The molecule has 0 spiro atoms. The number of benzene rings is 3. The van der Waals surface area contributed by atoms with Gasteiger partial charge in [0.25, 0.3) is 0 Å². The molecule has 39 heavy (non-hydrogen) atoms. The van der Waals surface area contributed by atoms with Gasteiger partial charge >= 0.3 is 21.4 Å². The molecule has 3 aliphatic heterocycles. The summed E-state index contributed by atoms with van der Waals surface area (Å²) in [6.07, 6.45) is 5.07. The molecule has 0 N–H and O–H groups in total. The third kappa shape index (κ3) is 5.62. The molecule has 0 radical (unpaired) electrons. The quantitative estimate of drug-likeness (QED) is 0.494. The Kier molecular flexibility index (Phi) is 7.62. The van der Waals surface area contributed by atoms with Gasteiger partial charge in [0.2, 0.25) is 0 Å². The molecule has 3 aromatic carbocycles. The van der Waals surface area contributed by atoms with Crippen molar-refractivity contribution in [2.45, 2.75) is 75.1 Å². The van der Waals surface area contributed by atoms with Gasteiger partial charge in [-0.05, 0) is 54.9 Å². The summed E-state index contributed by atoms with van der Waals surface area (Å²) in [6.45, 7) is 0. The van der Waals surface area contributed by atoms with Crippen molar-refractivity contribution >= 4 is 37.7 Å². The van der Waals surface area contributed by atoms with Gasteiger partial charge in [0.15, 0.2) is 0 Å². The van der Waals surface area contributed by atoms with Crippen LogP contribution in [0.15, 0.2) is 91.0 Å². The smallest absolute Gasteiger partial charge is 0.402 e. The summed E-state index contributed by atoms with van der Waals surface area (Å²) in [7, 11) is -1.06. The molecule has 1 aliphatic carbocycles. The highest BCUT2D eigenvalue weighted by Gasteiger charge is 2.47. The van der Waals surface area contributed by atoms with E-state index in [9.17, 15) is 0 Å². The lowest BCUT2D eigenvalue weighted by Gasteiger charge is -2.27. The summed E-state index contributed by atoms with van der Waals surface area (Å²) < 4.78 is 39.2. The lowest BCUT2D eigenvalue weighted by Crippen LogP contribution is -2.33. The molecule has 0 amide bonds. The van der Waals surface area contributed by atoms with Crippen molar-refractivity contribution < 1.29 is 27.9 Å². The van der Waals surface area contributed by atoms with E-state index >= 15 is 0 Å². The van der Waals surface area contributed by atoms with E-state index in [2.05, 4.69) is 36.4 Å². The standard InChI is InChI=1S/C30H33B3O6/c1-4-10-22(11-5-1)31-34-25-16-18-27-29(38-32(36-27)23-12-6-2-7-13-23)20-21-30-28(19-17-26(25)35-31)37-33(39-30)24-14-8-3-9-15-24/h1-15,25-30H,16-21H2/t25-,26-,27-,28+,29-,30+/m0/s1. The Labute approximate surface area is 231 Å². The molecule has 3 aromatic rings. The third-order valence-corrected chi connectivity index (χ3v) is 8.46. The van der Waals surface area contributed by atoms with Crippen LogP contribution in [0.3, 0.4) is 0 Å². The number of rotatable bonds is 3. The predicted octanol–water partition coefficient (Wildman–Crippen LogP) is 2.88. The van der Waals surface area contributed by atoms with Crippen LogP contribution in [0, 0.1) is 0 Å². The molecule has 7 rings (SSSR count). The van der Waals surface area contributed by atoms with Crippen LogP contribution in [0.25, 0.3) is 0 Å². The Hall–Kier alpha value is -2.39. The molecule has 6 atom stereocenters. The Morgan fingerprint density at radius 3 is 0.744 bits per heavy atom. The fourth-order valence-electron chi connectivity index (χ4n) is 6.39. The van der Waals surface area contributed by atoms with Crippen molar-refractivity contribution in [2.75, 3.05) is 0 Å². The predicted molar refractivity (Wildman–Crippen MR) is 152 cm³/mol. The van der Waals surface area contributed by atoms with E-state index in [1.165, 1.54) is 0 Å². The average molecular weight is 522 g/mol. The molecule has 4 aliphatic rings. The average Bonchev–Trinajstić information content (AvgIpc) is 3.71.